The number of hydrogen-bond acceptors (Lipinski definition) is 3. The van der Waals surface area contributed by atoms with Gasteiger partial charge in [-0.05, 0) is 37.8 Å². The lowest BCUT2D eigenvalue weighted by Crippen LogP contribution is -2.49. The molecule has 0 saturated carbocycles. The van der Waals surface area contributed by atoms with Crippen molar-refractivity contribution in [1.29, 1.82) is 0 Å². The monoisotopic (exact) mass is 300 g/mol. The van der Waals surface area contributed by atoms with E-state index in [-0.39, 0.29) is 5.41 Å². The lowest BCUT2D eigenvalue weighted by atomic mass is 9.73. The summed E-state index contributed by atoms with van der Waals surface area (Å²) in [5.74, 6) is -0.516. The zero-order valence-corrected chi connectivity index (χ0v) is 13.3. The third-order valence-corrected chi connectivity index (χ3v) is 4.37. The van der Waals surface area contributed by atoms with Crippen LogP contribution in [-0.2, 0) is 9.47 Å². The zero-order valence-electron chi connectivity index (χ0n) is 13.3. The molecule has 3 rings (SSSR count). The summed E-state index contributed by atoms with van der Waals surface area (Å²) in [7, 11) is 0. The molecule has 1 unspecified atom stereocenters. The number of hydrogen-bond donors (Lipinski definition) is 1. The van der Waals surface area contributed by atoms with Crippen LogP contribution in [-0.4, -0.2) is 30.2 Å². The number of benzene rings is 1. The Hall–Kier alpha value is -1.42. The summed E-state index contributed by atoms with van der Waals surface area (Å²) in [5.41, 5.74) is 2.20. The summed E-state index contributed by atoms with van der Waals surface area (Å²) in [6, 6.07) is 10.2. The Morgan fingerprint density at radius 3 is 2.45 bits per heavy atom. The second-order valence-electron chi connectivity index (χ2n) is 6.91. The van der Waals surface area contributed by atoms with Crippen molar-refractivity contribution in [3.8, 4) is 0 Å². The molecule has 0 aromatic heterocycles. The first-order valence-electron chi connectivity index (χ1n) is 7.86. The molecule has 1 atom stereocenters. The first kappa shape index (κ1) is 15.5. The number of aliphatic hydroxyl groups is 1. The summed E-state index contributed by atoms with van der Waals surface area (Å²) < 4.78 is 11.7. The Bertz CT molecular complexity index is 562. The SMILES string of the molecule is CC1(C)OCC2(CO1)CC(C=Cc1ccccc1)=CC(O)C2. The second-order valence-corrected chi connectivity index (χ2v) is 6.91. The fourth-order valence-corrected chi connectivity index (χ4v) is 3.15. The Morgan fingerprint density at radius 2 is 1.77 bits per heavy atom. The van der Waals surface area contributed by atoms with Crippen LogP contribution < -0.4 is 0 Å². The fourth-order valence-electron chi connectivity index (χ4n) is 3.15. The molecule has 1 N–H and O–H groups in total. The maximum atomic E-state index is 10.2. The van der Waals surface area contributed by atoms with Crippen molar-refractivity contribution < 1.29 is 14.6 Å². The number of rotatable bonds is 2. The standard InChI is InChI=1S/C19H24O3/c1-18(2)21-13-19(14-22-18)11-16(10-17(20)12-19)9-8-15-6-4-3-5-7-15/h3-10,17,20H,11-14H2,1-2H3. The van der Waals surface area contributed by atoms with Crippen LogP contribution in [0.3, 0.4) is 0 Å². The van der Waals surface area contributed by atoms with Crippen LogP contribution in [0.25, 0.3) is 6.08 Å². The molecule has 1 aliphatic heterocycles. The number of allylic oxidation sites excluding steroid dienone is 2. The highest BCUT2D eigenvalue weighted by atomic mass is 16.7. The minimum absolute atomic E-state index is 0.111. The maximum absolute atomic E-state index is 10.2. The average molecular weight is 300 g/mol. The predicted octanol–water partition coefficient (Wildman–Crippen LogP) is 3.55. The molecule has 3 nitrogen and oxygen atoms in total. The Morgan fingerprint density at radius 1 is 1.09 bits per heavy atom. The normalized spacial score (nSPS) is 27.0. The van der Waals surface area contributed by atoms with Gasteiger partial charge >= 0.3 is 0 Å². The Kier molecular flexibility index (Phi) is 4.22. The smallest absolute Gasteiger partial charge is 0.162 e. The van der Waals surface area contributed by atoms with Gasteiger partial charge in [-0.1, -0.05) is 48.6 Å². The summed E-state index contributed by atoms with van der Waals surface area (Å²) in [6.07, 6.45) is 7.28. The van der Waals surface area contributed by atoms with E-state index in [0.29, 0.717) is 19.6 Å². The molecule has 1 spiro atoms. The van der Waals surface area contributed by atoms with Crippen molar-refractivity contribution in [2.75, 3.05) is 13.2 Å². The van der Waals surface area contributed by atoms with Gasteiger partial charge in [0.15, 0.2) is 5.79 Å². The third-order valence-electron chi connectivity index (χ3n) is 4.37. The molecule has 1 heterocycles. The topological polar surface area (TPSA) is 38.7 Å². The molecule has 0 amide bonds. The van der Waals surface area contributed by atoms with Crippen LogP contribution in [0.5, 0.6) is 0 Å². The molecule has 1 aliphatic carbocycles. The first-order valence-corrected chi connectivity index (χ1v) is 7.86. The van der Waals surface area contributed by atoms with Crippen LogP contribution in [0.2, 0.25) is 0 Å². The van der Waals surface area contributed by atoms with Crippen molar-refractivity contribution in [1.82, 2.24) is 0 Å². The Labute approximate surface area is 132 Å². The molecular weight excluding hydrogens is 276 g/mol. The molecule has 22 heavy (non-hydrogen) atoms. The maximum Gasteiger partial charge on any atom is 0.162 e. The third kappa shape index (κ3) is 3.67. The molecule has 1 aromatic carbocycles. The van der Waals surface area contributed by atoms with Gasteiger partial charge in [0.25, 0.3) is 0 Å². The van der Waals surface area contributed by atoms with Crippen LogP contribution in [0.4, 0.5) is 0 Å². The highest BCUT2D eigenvalue weighted by Gasteiger charge is 2.43. The summed E-state index contributed by atoms with van der Waals surface area (Å²) in [6.45, 7) is 5.14. The lowest BCUT2D eigenvalue weighted by Gasteiger charge is -2.46. The van der Waals surface area contributed by atoms with Crippen LogP contribution in [0.15, 0.2) is 48.1 Å². The van der Waals surface area contributed by atoms with Crippen LogP contribution >= 0.6 is 0 Å². The van der Waals surface area contributed by atoms with Crippen LogP contribution in [0, 0.1) is 5.41 Å². The van der Waals surface area contributed by atoms with Crippen molar-refractivity contribution in [2.24, 2.45) is 5.41 Å². The Balaban J connectivity index is 1.72. The summed E-state index contributed by atoms with van der Waals surface area (Å²) in [4.78, 5) is 0. The largest absolute Gasteiger partial charge is 0.389 e. The fraction of sp³-hybridized carbons (Fsp3) is 0.474. The van der Waals surface area contributed by atoms with Crippen molar-refractivity contribution >= 4 is 6.08 Å². The molecule has 0 bridgehead atoms. The van der Waals surface area contributed by atoms with Gasteiger partial charge in [-0.15, -0.1) is 0 Å². The number of ether oxygens (including phenoxy) is 2. The summed E-state index contributed by atoms with van der Waals surface area (Å²) in [5, 5.41) is 10.2. The molecule has 3 heteroatoms. The van der Waals surface area contributed by atoms with Crippen molar-refractivity contribution in [3.63, 3.8) is 0 Å². The second kappa shape index (κ2) is 5.99. The van der Waals surface area contributed by atoms with Crippen molar-refractivity contribution in [3.05, 3.63) is 53.6 Å². The minimum atomic E-state index is -0.516. The molecule has 118 valence electrons. The van der Waals surface area contributed by atoms with E-state index < -0.39 is 11.9 Å². The summed E-state index contributed by atoms with van der Waals surface area (Å²) >= 11 is 0. The van der Waals surface area contributed by atoms with Gasteiger partial charge in [-0.3, -0.25) is 0 Å². The van der Waals surface area contributed by atoms with Gasteiger partial charge < -0.3 is 14.6 Å². The van der Waals surface area contributed by atoms with E-state index in [2.05, 4.69) is 24.3 Å². The lowest BCUT2D eigenvalue weighted by molar-refractivity contribution is -0.289. The van der Waals surface area contributed by atoms with E-state index in [4.69, 9.17) is 9.47 Å². The molecule has 1 aromatic rings. The van der Waals surface area contributed by atoms with Gasteiger partial charge in [0.2, 0.25) is 0 Å². The van der Waals surface area contributed by atoms with E-state index in [9.17, 15) is 5.11 Å². The van der Waals surface area contributed by atoms with Gasteiger partial charge in [0.05, 0.1) is 19.3 Å². The zero-order chi connectivity index (χ0) is 15.6. The van der Waals surface area contributed by atoms with Crippen LogP contribution in [0.1, 0.15) is 32.3 Å². The molecule has 1 saturated heterocycles. The highest BCUT2D eigenvalue weighted by molar-refractivity contribution is 5.53. The van der Waals surface area contributed by atoms with E-state index in [0.717, 1.165) is 17.6 Å². The molecular formula is C19H24O3. The van der Waals surface area contributed by atoms with E-state index in [1.165, 1.54) is 0 Å². The van der Waals surface area contributed by atoms with E-state index in [1.54, 1.807) is 0 Å². The van der Waals surface area contributed by atoms with Crippen molar-refractivity contribution in [2.45, 2.75) is 38.6 Å². The quantitative estimate of drug-likeness (QED) is 0.908. The molecule has 0 radical (unpaired) electrons. The number of aliphatic hydroxyl groups excluding tert-OH is 1. The molecule has 1 fully saturated rings. The predicted molar refractivity (Wildman–Crippen MR) is 87.2 cm³/mol. The first-order chi connectivity index (χ1) is 10.5. The van der Waals surface area contributed by atoms with Gasteiger partial charge in [-0.25, -0.2) is 0 Å². The highest BCUT2D eigenvalue weighted by Crippen LogP contribution is 2.42. The molecule has 2 aliphatic rings. The minimum Gasteiger partial charge on any atom is -0.389 e. The van der Waals surface area contributed by atoms with E-state index in [1.807, 2.05) is 38.1 Å². The average Bonchev–Trinajstić information content (AvgIpc) is 2.49. The van der Waals surface area contributed by atoms with Gasteiger partial charge in [-0.2, -0.15) is 0 Å². The van der Waals surface area contributed by atoms with Gasteiger partial charge in [0.1, 0.15) is 0 Å². The van der Waals surface area contributed by atoms with Gasteiger partial charge in [0, 0.05) is 5.41 Å². The van der Waals surface area contributed by atoms with E-state index >= 15 is 0 Å².